The van der Waals surface area contributed by atoms with E-state index in [1.807, 2.05) is 85.8 Å². The minimum absolute atomic E-state index is 0.225. The summed E-state index contributed by atoms with van der Waals surface area (Å²) in [6.07, 6.45) is 3.79. The van der Waals surface area contributed by atoms with Crippen LogP contribution in [0.25, 0.3) is 16.8 Å². The molecule has 0 saturated carbocycles. The summed E-state index contributed by atoms with van der Waals surface area (Å²) in [4.78, 5) is 27.1. The summed E-state index contributed by atoms with van der Waals surface area (Å²) >= 11 is 1.00. The number of hydrogen-bond donors (Lipinski definition) is 0. The molecule has 1 aliphatic rings. The van der Waals surface area contributed by atoms with E-state index in [1.54, 1.807) is 6.08 Å². The van der Waals surface area contributed by atoms with E-state index in [1.165, 1.54) is 4.90 Å². The summed E-state index contributed by atoms with van der Waals surface area (Å²) in [5, 5.41) is 1.94. The Morgan fingerprint density at radius 3 is 2.46 bits per heavy atom. The third-order valence-corrected chi connectivity index (χ3v) is 5.54. The zero-order valence-corrected chi connectivity index (χ0v) is 16.3. The first-order valence-corrected chi connectivity index (χ1v) is 9.89. The summed E-state index contributed by atoms with van der Waals surface area (Å²) in [5.41, 5.74) is 2.96. The molecule has 138 valence electrons. The summed E-state index contributed by atoms with van der Waals surface area (Å²) in [5.74, 6) is -0.233. The van der Waals surface area contributed by atoms with Gasteiger partial charge in [-0.2, -0.15) is 0 Å². The van der Waals surface area contributed by atoms with E-state index in [0.29, 0.717) is 4.91 Å². The zero-order valence-electron chi connectivity index (χ0n) is 15.5. The third kappa shape index (κ3) is 3.78. The Labute approximate surface area is 168 Å². The van der Waals surface area contributed by atoms with E-state index in [4.69, 9.17) is 0 Å². The monoisotopic (exact) mass is 385 g/mol. The average molecular weight is 385 g/mol. The predicted molar refractivity (Wildman–Crippen MR) is 116 cm³/mol. The fraction of sp³-hybridized carbons (Fsp3) is 0.0833. The molecule has 1 fully saturated rings. The van der Waals surface area contributed by atoms with E-state index < -0.39 is 0 Å². The number of allylic oxidation sites excluding steroid dienone is 2. The Hall–Kier alpha value is -3.11. The molecule has 3 nitrogen and oxygen atoms in total. The minimum atomic E-state index is -0.233. The van der Waals surface area contributed by atoms with Crippen molar-refractivity contribution >= 4 is 39.8 Å². The molecule has 4 rings (SSSR count). The number of carbonyl (C=O) groups is 2. The van der Waals surface area contributed by atoms with Crippen LogP contribution in [0.5, 0.6) is 0 Å². The topological polar surface area (TPSA) is 37.4 Å². The molecule has 1 aliphatic heterocycles. The normalized spacial score (nSPS) is 16.4. The summed E-state index contributed by atoms with van der Waals surface area (Å²) in [6.45, 7) is 2.22. The van der Waals surface area contributed by atoms with Crippen LogP contribution in [0.2, 0.25) is 0 Å². The second-order valence-electron chi connectivity index (χ2n) is 6.71. The standard InChI is InChI=1S/C24H19NO2S/c1-17(14-18-8-3-2-4-9-18)15-22-23(26)25(24(27)28-22)16-20-12-7-11-19-10-5-6-13-21(19)20/h2-15H,16H2,1H3/b17-14+,22-15+. The minimum Gasteiger partial charge on any atom is -0.268 e. The lowest BCUT2D eigenvalue weighted by Gasteiger charge is -2.14. The number of thioether (sulfide) groups is 1. The number of benzene rings is 3. The molecule has 0 spiro atoms. The van der Waals surface area contributed by atoms with Crippen molar-refractivity contribution < 1.29 is 9.59 Å². The quantitative estimate of drug-likeness (QED) is 0.515. The fourth-order valence-electron chi connectivity index (χ4n) is 3.30. The molecular formula is C24H19NO2S. The summed E-state index contributed by atoms with van der Waals surface area (Å²) < 4.78 is 0. The number of hydrogen-bond acceptors (Lipinski definition) is 3. The van der Waals surface area contributed by atoms with E-state index in [-0.39, 0.29) is 17.7 Å². The second-order valence-corrected chi connectivity index (χ2v) is 7.70. The SMILES string of the molecule is CC(=C\c1ccccc1)/C=C1/SC(=O)N(Cc2cccc3ccccc23)C1=O. The van der Waals surface area contributed by atoms with Gasteiger partial charge in [0, 0.05) is 0 Å². The van der Waals surface area contributed by atoms with Crippen molar-refractivity contribution in [1.82, 2.24) is 4.90 Å². The number of rotatable bonds is 4. The average Bonchev–Trinajstić information content (AvgIpc) is 2.96. The maximum atomic E-state index is 12.8. The smallest absolute Gasteiger partial charge is 0.268 e. The van der Waals surface area contributed by atoms with Crippen LogP contribution in [0.15, 0.2) is 89.4 Å². The van der Waals surface area contributed by atoms with Crippen molar-refractivity contribution in [3.05, 3.63) is 100 Å². The Morgan fingerprint density at radius 1 is 0.929 bits per heavy atom. The van der Waals surface area contributed by atoms with Gasteiger partial charge in [-0.3, -0.25) is 14.5 Å². The molecule has 3 aromatic rings. The number of fused-ring (bicyclic) bond motifs is 1. The molecule has 3 aromatic carbocycles. The maximum Gasteiger partial charge on any atom is 0.293 e. The zero-order chi connectivity index (χ0) is 19.5. The first kappa shape index (κ1) is 18.3. The van der Waals surface area contributed by atoms with Gasteiger partial charge in [0.1, 0.15) is 0 Å². The van der Waals surface area contributed by atoms with Crippen LogP contribution in [-0.2, 0) is 11.3 Å². The molecule has 0 radical (unpaired) electrons. The second kappa shape index (κ2) is 7.87. The van der Waals surface area contributed by atoms with E-state index >= 15 is 0 Å². The van der Waals surface area contributed by atoms with Crippen molar-refractivity contribution in [3.63, 3.8) is 0 Å². The molecule has 1 saturated heterocycles. The predicted octanol–water partition coefficient (Wildman–Crippen LogP) is 6.02. The van der Waals surface area contributed by atoms with Crippen molar-refractivity contribution in [3.8, 4) is 0 Å². The van der Waals surface area contributed by atoms with Gasteiger partial charge in [-0.25, -0.2) is 0 Å². The van der Waals surface area contributed by atoms with Gasteiger partial charge in [-0.1, -0.05) is 78.9 Å². The highest BCUT2D eigenvalue weighted by Gasteiger charge is 2.35. The Morgan fingerprint density at radius 2 is 1.64 bits per heavy atom. The number of amides is 2. The number of nitrogens with zero attached hydrogens (tertiary/aromatic N) is 1. The van der Waals surface area contributed by atoms with Crippen molar-refractivity contribution in [2.75, 3.05) is 0 Å². The fourth-order valence-corrected chi connectivity index (χ4v) is 4.19. The maximum absolute atomic E-state index is 12.8. The molecule has 0 aromatic heterocycles. The van der Waals surface area contributed by atoms with Crippen LogP contribution in [0, 0.1) is 0 Å². The summed E-state index contributed by atoms with van der Waals surface area (Å²) in [6, 6.07) is 23.9. The van der Waals surface area contributed by atoms with Crippen LogP contribution in [0.4, 0.5) is 4.79 Å². The highest BCUT2D eigenvalue weighted by molar-refractivity contribution is 8.18. The van der Waals surface area contributed by atoms with Gasteiger partial charge in [0.25, 0.3) is 11.1 Å². The van der Waals surface area contributed by atoms with Gasteiger partial charge in [0.05, 0.1) is 11.4 Å². The van der Waals surface area contributed by atoms with E-state index in [2.05, 4.69) is 0 Å². The van der Waals surface area contributed by atoms with Gasteiger partial charge < -0.3 is 0 Å². The van der Waals surface area contributed by atoms with Crippen LogP contribution in [0.1, 0.15) is 18.1 Å². The molecule has 4 heteroatoms. The Bertz CT molecular complexity index is 1110. The molecule has 2 amide bonds. The van der Waals surface area contributed by atoms with Gasteiger partial charge in [0.2, 0.25) is 0 Å². The Kier molecular flexibility index (Phi) is 5.13. The van der Waals surface area contributed by atoms with Crippen LogP contribution in [-0.4, -0.2) is 16.0 Å². The lowest BCUT2D eigenvalue weighted by atomic mass is 10.0. The highest BCUT2D eigenvalue weighted by atomic mass is 32.2. The molecule has 0 unspecified atom stereocenters. The number of imide groups is 1. The van der Waals surface area contributed by atoms with E-state index in [9.17, 15) is 9.59 Å². The molecule has 0 bridgehead atoms. The first-order chi connectivity index (χ1) is 13.6. The molecular weight excluding hydrogens is 366 g/mol. The van der Waals surface area contributed by atoms with E-state index in [0.717, 1.165) is 39.2 Å². The van der Waals surface area contributed by atoms with Crippen LogP contribution in [0.3, 0.4) is 0 Å². The van der Waals surface area contributed by atoms with Gasteiger partial charge in [-0.05, 0) is 52.2 Å². The molecule has 0 atom stereocenters. The lowest BCUT2D eigenvalue weighted by molar-refractivity contribution is -0.123. The van der Waals surface area contributed by atoms with Gasteiger partial charge in [-0.15, -0.1) is 0 Å². The molecule has 28 heavy (non-hydrogen) atoms. The summed E-state index contributed by atoms with van der Waals surface area (Å²) in [7, 11) is 0. The first-order valence-electron chi connectivity index (χ1n) is 9.07. The van der Waals surface area contributed by atoms with Gasteiger partial charge in [0.15, 0.2) is 0 Å². The molecule has 0 N–H and O–H groups in total. The van der Waals surface area contributed by atoms with Crippen LogP contribution >= 0.6 is 11.8 Å². The Balaban J connectivity index is 1.58. The number of carbonyl (C=O) groups excluding carboxylic acids is 2. The molecule has 1 heterocycles. The van der Waals surface area contributed by atoms with Gasteiger partial charge >= 0.3 is 0 Å². The highest BCUT2D eigenvalue weighted by Crippen LogP contribution is 2.33. The van der Waals surface area contributed by atoms with Crippen LogP contribution < -0.4 is 0 Å². The van der Waals surface area contributed by atoms with Crippen molar-refractivity contribution in [2.24, 2.45) is 0 Å². The third-order valence-electron chi connectivity index (χ3n) is 4.63. The largest absolute Gasteiger partial charge is 0.293 e. The lowest BCUT2D eigenvalue weighted by Crippen LogP contribution is -2.27. The van der Waals surface area contributed by atoms with Crippen molar-refractivity contribution in [2.45, 2.75) is 13.5 Å². The van der Waals surface area contributed by atoms with Crippen molar-refractivity contribution in [1.29, 1.82) is 0 Å². The molecule has 0 aliphatic carbocycles.